The molecule has 5 aliphatic rings. The average molecular weight is 839 g/mol. The zero-order valence-corrected chi connectivity index (χ0v) is 36.5. The van der Waals surface area contributed by atoms with E-state index in [1.54, 1.807) is 0 Å². The van der Waals surface area contributed by atoms with E-state index in [4.69, 9.17) is 46.4 Å². The summed E-state index contributed by atoms with van der Waals surface area (Å²) in [4.78, 5) is 19.4. The second kappa shape index (κ2) is 16.3. The highest BCUT2D eigenvalue weighted by Crippen LogP contribution is 2.50. The first-order valence-corrected chi connectivity index (χ1v) is 22.0. The summed E-state index contributed by atoms with van der Waals surface area (Å²) in [6, 6.07) is 12.0. The van der Waals surface area contributed by atoms with Gasteiger partial charge in [-0.3, -0.25) is 4.79 Å². The van der Waals surface area contributed by atoms with Crippen LogP contribution in [0.5, 0.6) is 0 Å². The Balaban J connectivity index is 1.39. The van der Waals surface area contributed by atoms with E-state index in [1.807, 2.05) is 42.5 Å². The van der Waals surface area contributed by atoms with Crippen LogP contribution in [0.25, 0.3) is 11.4 Å². The molecular weight excluding hydrogens is 782 g/mol. The van der Waals surface area contributed by atoms with Crippen LogP contribution in [-0.2, 0) is 4.79 Å². The number of halogens is 4. The molecule has 0 spiro atoms. The van der Waals surface area contributed by atoms with Crippen LogP contribution in [0.15, 0.2) is 83.2 Å². The van der Waals surface area contributed by atoms with Crippen LogP contribution in [-0.4, -0.2) is 50.1 Å². The fourth-order valence-corrected chi connectivity index (χ4v) is 10.3. The van der Waals surface area contributed by atoms with Gasteiger partial charge in [-0.1, -0.05) is 151 Å². The van der Waals surface area contributed by atoms with Gasteiger partial charge in [0.1, 0.15) is 6.10 Å². The third-order valence-electron chi connectivity index (χ3n) is 12.5. The van der Waals surface area contributed by atoms with E-state index in [0.29, 0.717) is 31.2 Å². The van der Waals surface area contributed by atoms with Gasteiger partial charge in [0.25, 0.3) is 0 Å². The van der Waals surface area contributed by atoms with Crippen LogP contribution in [0.1, 0.15) is 117 Å². The molecule has 0 saturated heterocycles. The lowest BCUT2D eigenvalue weighted by Crippen LogP contribution is -2.42. The van der Waals surface area contributed by atoms with Gasteiger partial charge in [0.15, 0.2) is 5.78 Å². The van der Waals surface area contributed by atoms with Gasteiger partial charge < -0.3 is 20.0 Å². The first kappa shape index (κ1) is 41.6. The van der Waals surface area contributed by atoms with Crippen molar-refractivity contribution in [3.05, 3.63) is 114 Å². The molecule has 3 aliphatic carbocycles. The standard InChI is InChI=1S/C47H56Cl4N2O3/c1-46(2,3)39-25-29(23-37(27-17-19-33(48)35(50)21-27)52(39)31-13-9-7-10-14-31)41-43(54)42(45(56)44(41)55)30-24-38(28-18-20-34(49)36(51)22-28)53(32-15-11-8-12-16-32)40(26-30)47(4,5)6/h17-26,29,31-32,41,43,45,54,56H,7-16H2,1-6H3/b42-30+. The number of aliphatic hydroxyl groups is 2. The maximum Gasteiger partial charge on any atom is 0.172 e. The smallest absolute Gasteiger partial charge is 0.172 e. The molecule has 0 aromatic heterocycles. The normalized spacial score (nSPS) is 27.3. The number of nitrogens with zero attached hydrogens (tertiary/aromatic N) is 2. The molecule has 4 unspecified atom stereocenters. The summed E-state index contributed by atoms with van der Waals surface area (Å²) in [5.41, 5.74) is 6.28. The highest BCUT2D eigenvalue weighted by molar-refractivity contribution is 6.42. The molecule has 4 atom stereocenters. The van der Waals surface area contributed by atoms with E-state index in [2.05, 4.69) is 69.6 Å². The first-order chi connectivity index (χ1) is 26.5. The van der Waals surface area contributed by atoms with Crippen molar-refractivity contribution in [2.45, 2.75) is 130 Å². The maximum absolute atomic E-state index is 14.5. The minimum Gasteiger partial charge on any atom is -0.388 e. The Labute approximate surface area is 353 Å². The van der Waals surface area contributed by atoms with Crippen LogP contribution in [0.4, 0.5) is 0 Å². The molecule has 56 heavy (non-hydrogen) atoms. The molecule has 9 heteroatoms. The van der Waals surface area contributed by atoms with E-state index in [9.17, 15) is 15.0 Å². The quantitative estimate of drug-likeness (QED) is 0.314. The first-order valence-electron chi connectivity index (χ1n) is 20.5. The summed E-state index contributed by atoms with van der Waals surface area (Å²) in [7, 11) is 0. The molecule has 7 rings (SSSR count). The Morgan fingerprint density at radius 1 is 0.607 bits per heavy atom. The SMILES string of the molecule is CC(C)(C)C1=C/C(=C2/C(O)C(=O)C(C3C=C(c4ccc(Cl)c(Cl)c4)N(C4CCCCC4)C(C(C)(C)C)=C3)C2O)C=C(c2ccc(Cl)c(Cl)c2)N1C1CCCCC1. The summed E-state index contributed by atoms with van der Waals surface area (Å²) in [5, 5.41) is 26.4. The molecule has 2 N–H and O–H groups in total. The lowest BCUT2D eigenvalue weighted by Gasteiger charge is -2.47. The zero-order valence-electron chi connectivity index (χ0n) is 33.5. The summed E-state index contributed by atoms with van der Waals surface area (Å²) >= 11 is 26.1. The third-order valence-corrected chi connectivity index (χ3v) is 13.9. The molecule has 3 saturated carbocycles. The highest BCUT2D eigenvalue weighted by atomic mass is 35.5. The van der Waals surface area contributed by atoms with E-state index < -0.39 is 24.0 Å². The van der Waals surface area contributed by atoms with Gasteiger partial charge in [0.05, 0.1) is 32.1 Å². The van der Waals surface area contributed by atoms with Gasteiger partial charge in [-0.25, -0.2) is 0 Å². The second-order valence-corrected chi connectivity index (χ2v) is 20.1. The van der Waals surface area contributed by atoms with Crippen LogP contribution < -0.4 is 0 Å². The molecule has 2 aromatic rings. The summed E-state index contributed by atoms with van der Waals surface area (Å²) in [6.45, 7) is 13.2. The van der Waals surface area contributed by atoms with Crippen LogP contribution in [0.2, 0.25) is 20.1 Å². The molecule has 3 fully saturated rings. The monoisotopic (exact) mass is 836 g/mol. The number of benzene rings is 2. The van der Waals surface area contributed by atoms with Gasteiger partial charge in [0.2, 0.25) is 0 Å². The number of rotatable bonds is 5. The highest BCUT2D eigenvalue weighted by Gasteiger charge is 2.51. The Morgan fingerprint density at radius 2 is 1.09 bits per heavy atom. The maximum atomic E-state index is 14.5. The number of hydrogen-bond acceptors (Lipinski definition) is 5. The fourth-order valence-electron chi connectivity index (χ4n) is 9.68. The Hall–Kier alpha value is -2.51. The molecule has 5 nitrogen and oxygen atoms in total. The number of hydrogen-bond donors (Lipinski definition) is 2. The van der Waals surface area contributed by atoms with Gasteiger partial charge in [-0.15, -0.1) is 0 Å². The van der Waals surface area contributed by atoms with E-state index >= 15 is 0 Å². The van der Waals surface area contributed by atoms with E-state index in [-0.39, 0.29) is 28.7 Å². The molecule has 2 aliphatic heterocycles. The van der Waals surface area contributed by atoms with E-state index in [0.717, 1.165) is 85.3 Å². The Bertz CT molecular complexity index is 2020. The number of aliphatic hydroxyl groups excluding tert-OH is 2. The van der Waals surface area contributed by atoms with Crippen molar-refractivity contribution in [1.82, 2.24) is 9.80 Å². The average Bonchev–Trinajstić information content (AvgIpc) is 3.39. The minimum atomic E-state index is -1.47. The number of carbonyl (C=O) groups is 1. The fraction of sp³-hybridized carbons (Fsp3) is 0.511. The Kier molecular flexibility index (Phi) is 12.1. The number of carbonyl (C=O) groups excluding carboxylic acids is 1. The lowest BCUT2D eigenvalue weighted by molar-refractivity contribution is -0.128. The van der Waals surface area contributed by atoms with Gasteiger partial charge >= 0.3 is 0 Å². The lowest BCUT2D eigenvalue weighted by atomic mass is 9.77. The topological polar surface area (TPSA) is 64.0 Å². The largest absolute Gasteiger partial charge is 0.388 e. The number of ketones is 1. The summed E-state index contributed by atoms with van der Waals surface area (Å²) in [5.74, 6) is -1.77. The minimum absolute atomic E-state index is 0.273. The van der Waals surface area contributed by atoms with Crippen molar-refractivity contribution in [2.75, 3.05) is 0 Å². The second-order valence-electron chi connectivity index (χ2n) is 18.5. The van der Waals surface area contributed by atoms with Crippen LogP contribution in [0, 0.1) is 22.7 Å². The Morgan fingerprint density at radius 3 is 1.57 bits per heavy atom. The third kappa shape index (κ3) is 8.08. The molecule has 2 heterocycles. The van der Waals surface area contributed by atoms with Gasteiger partial charge in [-0.05, 0) is 78.8 Å². The summed E-state index contributed by atoms with van der Waals surface area (Å²) in [6.07, 6.45) is 17.0. The molecular formula is C47H56Cl4N2O3. The number of allylic oxidation sites excluding steroid dienone is 7. The van der Waals surface area contributed by atoms with E-state index in [1.165, 1.54) is 12.8 Å². The van der Waals surface area contributed by atoms with Gasteiger partial charge in [-0.2, -0.15) is 0 Å². The predicted octanol–water partition coefficient (Wildman–Crippen LogP) is 12.7. The molecule has 0 radical (unpaired) electrons. The predicted molar refractivity (Wildman–Crippen MR) is 232 cm³/mol. The van der Waals surface area contributed by atoms with Crippen molar-refractivity contribution in [1.29, 1.82) is 0 Å². The molecule has 2 aromatic carbocycles. The summed E-state index contributed by atoms with van der Waals surface area (Å²) < 4.78 is 0. The van der Waals surface area contributed by atoms with Crippen molar-refractivity contribution in [2.24, 2.45) is 22.7 Å². The van der Waals surface area contributed by atoms with Crippen molar-refractivity contribution < 1.29 is 15.0 Å². The van der Waals surface area contributed by atoms with Crippen LogP contribution in [0.3, 0.4) is 0 Å². The molecule has 300 valence electrons. The number of Topliss-reactive ketones (excluding diaryl/α,β-unsaturated/α-hetero) is 1. The van der Waals surface area contributed by atoms with Crippen molar-refractivity contribution in [3.8, 4) is 0 Å². The van der Waals surface area contributed by atoms with Crippen molar-refractivity contribution in [3.63, 3.8) is 0 Å². The molecule has 0 amide bonds. The zero-order chi connectivity index (χ0) is 40.3. The van der Waals surface area contributed by atoms with Gasteiger partial charge in [0, 0.05) is 57.2 Å². The van der Waals surface area contributed by atoms with Crippen LogP contribution >= 0.6 is 46.4 Å². The molecule has 0 bridgehead atoms. The van der Waals surface area contributed by atoms with Crippen molar-refractivity contribution >= 4 is 63.6 Å².